The van der Waals surface area contributed by atoms with Gasteiger partial charge in [0.05, 0.1) is 5.38 Å². The first-order chi connectivity index (χ1) is 9.25. The Labute approximate surface area is 124 Å². The van der Waals surface area contributed by atoms with Crippen molar-refractivity contribution in [2.24, 2.45) is 0 Å². The van der Waals surface area contributed by atoms with E-state index in [1.54, 1.807) is 0 Å². The fraction of sp³-hybridized carbons (Fsp3) is 0.0588. The van der Waals surface area contributed by atoms with Crippen molar-refractivity contribution >= 4 is 29.3 Å². The maximum Gasteiger partial charge on any atom is 0.0783 e. The number of hydrogen-bond donors (Lipinski definition) is 0. The fourth-order valence-corrected chi connectivity index (χ4v) is 2.20. The number of allylic oxidation sites excluding steroid dienone is 3. The van der Waals surface area contributed by atoms with Crippen molar-refractivity contribution in [1.29, 1.82) is 0 Å². The van der Waals surface area contributed by atoms with E-state index in [1.165, 1.54) is 0 Å². The highest BCUT2D eigenvalue weighted by molar-refractivity contribution is 6.32. The highest BCUT2D eigenvalue weighted by atomic mass is 35.5. The average molecular weight is 289 g/mol. The van der Waals surface area contributed by atoms with Gasteiger partial charge < -0.3 is 0 Å². The highest BCUT2D eigenvalue weighted by Gasteiger charge is 2.03. The summed E-state index contributed by atoms with van der Waals surface area (Å²) in [6.07, 6.45) is 5.65. The van der Waals surface area contributed by atoms with Crippen LogP contribution in [0.25, 0.3) is 6.08 Å². The molecule has 0 heterocycles. The predicted molar refractivity (Wildman–Crippen MR) is 84.4 cm³/mol. The Morgan fingerprint density at radius 2 is 1.47 bits per heavy atom. The molecule has 0 amide bonds. The largest absolute Gasteiger partial charge is 0.113 e. The Morgan fingerprint density at radius 1 is 0.895 bits per heavy atom. The lowest BCUT2D eigenvalue weighted by molar-refractivity contribution is 1.21. The molecule has 0 radical (unpaired) electrons. The van der Waals surface area contributed by atoms with Crippen molar-refractivity contribution in [1.82, 2.24) is 0 Å². The summed E-state index contributed by atoms with van der Waals surface area (Å²) >= 11 is 12.5. The normalized spacial score (nSPS) is 13.7. The number of hydrogen-bond acceptors (Lipinski definition) is 0. The van der Waals surface area contributed by atoms with Crippen molar-refractivity contribution in [2.75, 3.05) is 0 Å². The van der Waals surface area contributed by atoms with Crippen LogP contribution in [0.2, 0.25) is 0 Å². The lowest BCUT2D eigenvalue weighted by atomic mass is 10.1. The topological polar surface area (TPSA) is 0 Å². The molecule has 0 aliphatic rings. The van der Waals surface area contributed by atoms with Gasteiger partial charge in [0, 0.05) is 5.03 Å². The summed E-state index contributed by atoms with van der Waals surface area (Å²) in [5.74, 6) is 0. The zero-order valence-electron chi connectivity index (χ0n) is 10.3. The zero-order valence-corrected chi connectivity index (χ0v) is 11.9. The second-order valence-corrected chi connectivity index (χ2v) is 5.01. The van der Waals surface area contributed by atoms with Crippen molar-refractivity contribution in [3.63, 3.8) is 0 Å². The Bertz CT molecular complexity index is 556. The summed E-state index contributed by atoms with van der Waals surface area (Å²) in [5, 5.41) is 0.418. The van der Waals surface area contributed by atoms with Crippen LogP contribution in [0.15, 0.2) is 77.8 Å². The molecule has 0 saturated heterocycles. The highest BCUT2D eigenvalue weighted by Crippen LogP contribution is 2.24. The van der Waals surface area contributed by atoms with Crippen LogP contribution in [0.5, 0.6) is 0 Å². The maximum absolute atomic E-state index is 6.29. The monoisotopic (exact) mass is 288 g/mol. The summed E-state index contributed by atoms with van der Waals surface area (Å²) in [7, 11) is 0. The van der Waals surface area contributed by atoms with Crippen molar-refractivity contribution in [3.05, 3.63) is 89.0 Å². The minimum atomic E-state index is -0.214. The van der Waals surface area contributed by atoms with Gasteiger partial charge in [0.15, 0.2) is 0 Å². The van der Waals surface area contributed by atoms with E-state index >= 15 is 0 Å². The van der Waals surface area contributed by atoms with E-state index in [0.717, 1.165) is 11.1 Å². The Balaban J connectivity index is 2.05. The van der Waals surface area contributed by atoms with Crippen LogP contribution < -0.4 is 0 Å². The fourth-order valence-electron chi connectivity index (χ4n) is 1.67. The number of rotatable bonds is 4. The van der Waals surface area contributed by atoms with Crippen LogP contribution in [0.1, 0.15) is 16.5 Å². The van der Waals surface area contributed by atoms with Crippen LogP contribution in [0.3, 0.4) is 0 Å². The molecule has 0 N–H and O–H groups in total. The second-order valence-electron chi connectivity index (χ2n) is 4.11. The van der Waals surface area contributed by atoms with Crippen molar-refractivity contribution in [3.8, 4) is 0 Å². The van der Waals surface area contributed by atoms with Gasteiger partial charge in [0.25, 0.3) is 0 Å². The van der Waals surface area contributed by atoms with Crippen molar-refractivity contribution < 1.29 is 0 Å². The van der Waals surface area contributed by atoms with E-state index in [9.17, 15) is 0 Å². The van der Waals surface area contributed by atoms with E-state index in [0.29, 0.717) is 5.03 Å². The van der Waals surface area contributed by atoms with E-state index in [1.807, 2.05) is 78.9 Å². The Morgan fingerprint density at radius 3 is 2.11 bits per heavy atom. The third-order valence-corrected chi connectivity index (χ3v) is 3.29. The average Bonchev–Trinajstić information content (AvgIpc) is 2.47. The molecule has 2 rings (SSSR count). The van der Waals surface area contributed by atoms with Crippen LogP contribution in [-0.4, -0.2) is 0 Å². The molecule has 19 heavy (non-hydrogen) atoms. The lowest BCUT2D eigenvalue weighted by Gasteiger charge is -2.04. The molecule has 0 saturated carbocycles. The molecule has 0 aliphatic heterocycles. The van der Waals surface area contributed by atoms with E-state index in [2.05, 4.69) is 0 Å². The number of benzene rings is 2. The van der Waals surface area contributed by atoms with Gasteiger partial charge in [-0.25, -0.2) is 0 Å². The first-order valence-corrected chi connectivity index (χ1v) is 6.86. The molecule has 0 aromatic heterocycles. The minimum Gasteiger partial charge on any atom is -0.113 e. The van der Waals surface area contributed by atoms with E-state index in [-0.39, 0.29) is 5.38 Å². The quantitative estimate of drug-likeness (QED) is 0.492. The molecule has 2 heteroatoms. The van der Waals surface area contributed by atoms with Crippen LogP contribution in [0.4, 0.5) is 0 Å². The molecular formula is C17H14Cl2. The minimum absolute atomic E-state index is 0.214. The molecule has 2 aromatic rings. The van der Waals surface area contributed by atoms with Gasteiger partial charge in [-0.1, -0.05) is 78.3 Å². The number of halogens is 2. The third kappa shape index (κ3) is 4.59. The molecule has 0 fully saturated rings. The molecule has 0 aliphatic carbocycles. The van der Waals surface area contributed by atoms with Crippen LogP contribution >= 0.6 is 23.2 Å². The van der Waals surface area contributed by atoms with Gasteiger partial charge in [-0.3, -0.25) is 0 Å². The summed E-state index contributed by atoms with van der Waals surface area (Å²) in [6.45, 7) is 0. The molecule has 0 nitrogen and oxygen atoms in total. The summed E-state index contributed by atoms with van der Waals surface area (Å²) in [6, 6.07) is 19.9. The molecule has 2 aromatic carbocycles. The molecule has 0 spiro atoms. The van der Waals surface area contributed by atoms with Crippen molar-refractivity contribution in [2.45, 2.75) is 5.38 Å². The van der Waals surface area contributed by atoms with Gasteiger partial charge in [-0.2, -0.15) is 0 Å². The first-order valence-electron chi connectivity index (χ1n) is 6.05. The SMILES string of the molecule is ClC(C=Cc1ccccc1)=CC(Cl)c1ccccc1. The van der Waals surface area contributed by atoms with Gasteiger partial charge in [0.2, 0.25) is 0 Å². The van der Waals surface area contributed by atoms with E-state index in [4.69, 9.17) is 23.2 Å². The zero-order chi connectivity index (χ0) is 13.5. The smallest absolute Gasteiger partial charge is 0.0783 e. The molecular weight excluding hydrogens is 275 g/mol. The third-order valence-electron chi connectivity index (χ3n) is 2.66. The summed E-state index contributed by atoms with van der Waals surface area (Å²) in [5.41, 5.74) is 2.15. The molecule has 0 bridgehead atoms. The van der Waals surface area contributed by atoms with Crippen LogP contribution in [0, 0.1) is 0 Å². The van der Waals surface area contributed by atoms with Gasteiger partial charge in [-0.05, 0) is 23.3 Å². The standard InChI is InChI=1S/C17H14Cl2/c18-16(12-11-14-7-3-1-4-8-14)13-17(19)15-9-5-2-6-10-15/h1-13,17H. The molecule has 1 atom stereocenters. The van der Waals surface area contributed by atoms with Gasteiger partial charge >= 0.3 is 0 Å². The molecule has 96 valence electrons. The van der Waals surface area contributed by atoms with E-state index < -0.39 is 0 Å². The molecule has 1 unspecified atom stereocenters. The Hall–Kier alpha value is -1.50. The maximum atomic E-state index is 6.29. The number of alkyl halides is 1. The first kappa shape index (κ1) is 13.9. The van der Waals surface area contributed by atoms with Gasteiger partial charge in [0.1, 0.15) is 0 Å². The second kappa shape index (κ2) is 7.18. The van der Waals surface area contributed by atoms with Gasteiger partial charge in [-0.15, -0.1) is 11.6 Å². The predicted octanol–water partition coefficient (Wildman–Crippen LogP) is 5.80. The summed E-state index contributed by atoms with van der Waals surface area (Å²) in [4.78, 5) is 0. The lowest BCUT2D eigenvalue weighted by Crippen LogP contribution is -1.85. The summed E-state index contributed by atoms with van der Waals surface area (Å²) < 4.78 is 0. The Kier molecular flexibility index (Phi) is 5.26. The van der Waals surface area contributed by atoms with Crippen LogP contribution in [-0.2, 0) is 0 Å².